The highest BCUT2D eigenvalue weighted by atomic mass is 79.9. The summed E-state index contributed by atoms with van der Waals surface area (Å²) in [6.45, 7) is 0. The van der Waals surface area contributed by atoms with Crippen LogP contribution < -0.4 is 4.74 Å². The molecule has 0 aromatic heterocycles. The second-order valence-electron chi connectivity index (χ2n) is 5.15. The molecular weight excluding hydrogens is 324 g/mol. The number of halogens is 1. The SMILES string of the molecule is COc1cc2ccc(Br)cc2c2ccc3ccccc3c12. The van der Waals surface area contributed by atoms with Crippen molar-refractivity contribution >= 4 is 48.2 Å². The molecule has 4 aromatic carbocycles. The quantitative estimate of drug-likeness (QED) is 0.392. The summed E-state index contributed by atoms with van der Waals surface area (Å²) in [5, 5.41) is 7.31. The first kappa shape index (κ1) is 12.7. The predicted octanol–water partition coefficient (Wildman–Crippen LogP) is 5.92. The van der Waals surface area contributed by atoms with Crippen LogP contribution in [0.5, 0.6) is 5.75 Å². The van der Waals surface area contributed by atoms with Crippen LogP contribution in [0.1, 0.15) is 0 Å². The largest absolute Gasteiger partial charge is 0.496 e. The van der Waals surface area contributed by atoms with Gasteiger partial charge in [-0.05, 0) is 45.1 Å². The molecule has 1 nitrogen and oxygen atoms in total. The molecule has 0 N–H and O–H groups in total. The summed E-state index contributed by atoms with van der Waals surface area (Å²) >= 11 is 3.57. The molecule has 0 spiro atoms. The topological polar surface area (TPSA) is 9.23 Å². The Morgan fingerprint density at radius 3 is 2.43 bits per heavy atom. The van der Waals surface area contributed by atoms with Crippen LogP contribution in [0.4, 0.5) is 0 Å². The standard InChI is InChI=1S/C19H13BrO/c1-21-18-10-13-6-8-14(20)11-17(13)16-9-7-12-4-2-3-5-15(12)19(16)18/h2-11H,1H3. The first-order chi connectivity index (χ1) is 10.3. The van der Waals surface area contributed by atoms with Crippen LogP contribution in [-0.4, -0.2) is 7.11 Å². The molecule has 0 bridgehead atoms. The van der Waals surface area contributed by atoms with Crippen LogP contribution in [0.3, 0.4) is 0 Å². The molecular formula is C19H13BrO. The number of hydrogen-bond acceptors (Lipinski definition) is 1. The maximum atomic E-state index is 5.66. The number of rotatable bonds is 1. The van der Waals surface area contributed by atoms with Crippen LogP contribution in [0.25, 0.3) is 32.3 Å². The summed E-state index contributed by atoms with van der Waals surface area (Å²) in [6.07, 6.45) is 0. The lowest BCUT2D eigenvalue weighted by atomic mass is 9.96. The number of hydrogen-bond donors (Lipinski definition) is 0. The van der Waals surface area contributed by atoms with Crippen molar-refractivity contribution in [3.8, 4) is 5.75 Å². The fourth-order valence-electron chi connectivity index (χ4n) is 3.02. The van der Waals surface area contributed by atoms with Crippen molar-refractivity contribution < 1.29 is 4.74 Å². The van der Waals surface area contributed by atoms with E-state index in [1.54, 1.807) is 7.11 Å². The number of fused-ring (bicyclic) bond motifs is 5. The monoisotopic (exact) mass is 336 g/mol. The molecule has 0 aliphatic rings. The molecule has 0 aliphatic carbocycles. The summed E-state index contributed by atoms with van der Waals surface area (Å²) < 4.78 is 6.75. The smallest absolute Gasteiger partial charge is 0.127 e. The van der Waals surface area contributed by atoms with E-state index in [0.717, 1.165) is 10.2 Å². The molecule has 0 heterocycles. The summed E-state index contributed by atoms with van der Waals surface area (Å²) in [5.74, 6) is 0.927. The Morgan fingerprint density at radius 2 is 1.57 bits per heavy atom. The molecule has 4 aromatic rings. The molecule has 0 saturated heterocycles. The van der Waals surface area contributed by atoms with Gasteiger partial charge in [-0.3, -0.25) is 0 Å². The Morgan fingerprint density at radius 1 is 0.762 bits per heavy atom. The molecule has 2 heteroatoms. The minimum absolute atomic E-state index is 0.927. The third kappa shape index (κ3) is 1.90. The highest BCUT2D eigenvalue weighted by molar-refractivity contribution is 9.10. The second-order valence-corrected chi connectivity index (χ2v) is 6.07. The molecule has 0 aliphatic heterocycles. The summed E-state index contributed by atoms with van der Waals surface area (Å²) in [6, 6.07) is 21.3. The van der Waals surface area contributed by atoms with Crippen molar-refractivity contribution in [1.29, 1.82) is 0 Å². The second kappa shape index (κ2) is 4.74. The van der Waals surface area contributed by atoms with Gasteiger partial charge < -0.3 is 4.74 Å². The van der Waals surface area contributed by atoms with Gasteiger partial charge in [0.1, 0.15) is 5.75 Å². The van der Waals surface area contributed by atoms with Gasteiger partial charge in [-0.2, -0.15) is 0 Å². The molecule has 21 heavy (non-hydrogen) atoms. The molecule has 0 radical (unpaired) electrons. The predicted molar refractivity (Wildman–Crippen MR) is 93.2 cm³/mol. The van der Waals surface area contributed by atoms with Gasteiger partial charge in [-0.1, -0.05) is 58.4 Å². The fraction of sp³-hybridized carbons (Fsp3) is 0.0526. The normalized spacial score (nSPS) is 11.3. The van der Waals surface area contributed by atoms with Crippen molar-refractivity contribution in [2.75, 3.05) is 7.11 Å². The van der Waals surface area contributed by atoms with E-state index in [-0.39, 0.29) is 0 Å². The summed E-state index contributed by atoms with van der Waals surface area (Å²) in [7, 11) is 1.74. The Bertz CT molecular complexity index is 989. The van der Waals surface area contributed by atoms with E-state index in [9.17, 15) is 0 Å². The van der Waals surface area contributed by atoms with Gasteiger partial charge in [-0.25, -0.2) is 0 Å². The van der Waals surface area contributed by atoms with E-state index >= 15 is 0 Å². The number of benzene rings is 4. The van der Waals surface area contributed by atoms with Crippen molar-refractivity contribution in [3.05, 3.63) is 65.1 Å². The Hall–Kier alpha value is -2.06. The van der Waals surface area contributed by atoms with Crippen LogP contribution in [-0.2, 0) is 0 Å². The van der Waals surface area contributed by atoms with Crippen LogP contribution in [0.15, 0.2) is 65.1 Å². The van der Waals surface area contributed by atoms with Crippen LogP contribution in [0.2, 0.25) is 0 Å². The van der Waals surface area contributed by atoms with Crippen molar-refractivity contribution in [2.24, 2.45) is 0 Å². The maximum Gasteiger partial charge on any atom is 0.127 e. The van der Waals surface area contributed by atoms with E-state index < -0.39 is 0 Å². The highest BCUT2D eigenvalue weighted by Crippen LogP contribution is 2.38. The zero-order chi connectivity index (χ0) is 14.4. The minimum Gasteiger partial charge on any atom is -0.496 e. The molecule has 0 atom stereocenters. The van der Waals surface area contributed by atoms with Gasteiger partial charge in [-0.15, -0.1) is 0 Å². The molecule has 0 fully saturated rings. The van der Waals surface area contributed by atoms with E-state index in [1.165, 1.54) is 32.3 Å². The Kier molecular flexibility index (Phi) is 2.86. The van der Waals surface area contributed by atoms with Gasteiger partial charge in [0.25, 0.3) is 0 Å². The average molecular weight is 337 g/mol. The number of methoxy groups -OCH3 is 1. The van der Waals surface area contributed by atoms with Gasteiger partial charge in [0.15, 0.2) is 0 Å². The zero-order valence-corrected chi connectivity index (χ0v) is 13.1. The van der Waals surface area contributed by atoms with Crippen molar-refractivity contribution in [3.63, 3.8) is 0 Å². The lowest BCUT2D eigenvalue weighted by Crippen LogP contribution is -1.88. The lowest BCUT2D eigenvalue weighted by Gasteiger charge is -2.12. The summed E-state index contributed by atoms with van der Waals surface area (Å²) in [5.41, 5.74) is 0. The Labute approximate surface area is 131 Å². The first-order valence-electron chi connectivity index (χ1n) is 6.85. The van der Waals surface area contributed by atoms with Gasteiger partial charge in [0.2, 0.25) is 0 Å². The van der Waals surface area contributed by atoms with Crippen LogP contribution >= 0.6 is 15.9 Å². The Balaban J connectivity index is 2.31. The third-order valence-electron chi connectivity index (χ3n) is 3.99. The van der Waals surface area contributed by atoms with Crippen molar-refractivity contribution in [1.82, 2.24) is 0 Å². The molecule has 4 rings (SSSR count). The minimum atomic E-state index is 0.927. The average Bonchev–Trinajstić information content (AvgIpc) is 2.53. The van der Waals surface area contributed by atoms with Gasteiger partial charge in [0, 0.05) is 9.86 Å². The van der Waals surface area contributed by atoms with E-state index in [2.05, 4.69) is 76.6 Å². The molecule has 0 amide bonds. The maximum absolute atomic E-state index is 5.66. The van der Waals surface area contributed by atoms with Crippen LogP contribution in [0, 0.1) is 0 Å². The summed E-state index contributed by atoms with van der Waals surface area (Å²) in [4.78, 5) is 0. The van der Waals surface area contributed by atoms with Gasteiger partial charge >= 0.3 is 0 Å². The third-order valence-corrected chi connectivity index (χ3v) is 4.48. The van der Waals surface area contributed by atoms with E-state index in [0.29, 0.717) is 0 Å². The fourth-order valence-corrected chi connectivity index (χ4v) is 3.38. The zero-order valence-electron chi connectivity index (χ0n) is 11.6. The highest BCUT2D eigenvalue weighted by Gasteiger charge is 2.10. The molecule has 102 valence electrons. The first-order valence-corrected chi connectivity index (χ1v) is 7.65. The molecule has 0 unspecified atom stereocenters. The van der Waals surface area contributed by atoms with E-state index in [1.807, 2.05) is 0 Å². The van der Waals surface area contributed by atoms with E-state index in [4.69, 9.17) is 4.74 Å². The number of ether oxygens (including phenoxy) is 1. The molecule has 0 saturated carbocycles. The lowest BCUT2D eigenvalue weighted by molar-refractivity contribution is 0.420. The van der Waals surface area contributed by atoms with Crippen molar-refractivity contribution in [2.45, 2.75) is 0 Å². The van der Waals surface area contributed by atoms with Gasteiger partial charge in [0.05, 0.1) is 7.11 Å².